The van der Waals surface area contributed by atoms with Crippen molar-refractivity contribution in [1.29, 1.82) is 0 Å². The minimum Gasteiger partial charge on any atom is -0.490 e. The van der Waals surface area contributed by atoms with Crippen molar-refractivity contribution in [3.05, 3.63) is 54.2 Å². The molecule has 0 spiro atoms. The zero-order valence-electron chi connectivity index (χ0n) is 14.6. The molecule has 4 rings (SSSR count). The number of fused-ring (bicyclic) bond motifs is 2. The van der Waals surface area contributed by atoms with E-state index in [9.17, 15) is 4.79 Å². The Morgan fingerprint density at radius 1 is 1.08 bits per heavy atom. The summed E-state index contributed by atoms with van der Waals surface area (Å²) in [7, 11) is 0. The maximum Gasteiger partial charge on any atom is 0.224 e. The van der Waals surface area contributed by atoms with Crippen LogP contribution in [0.4, 0.5) is 5.69 Å². The Bertz CT molecular complexity index is 917. The Balaban J connectivity index is 1.32. The zero-order chi connectivity index (χ0) is 17.8. The van der Waals surface area contributed by atoms with E-state index in [0.29, 0.717) is 25.4 Å². The van der Waals surface area contributed by atoms with E-state index in [1.165, 1.54) is 10.9 Å². The molecule has 3 aromatic rings. The van der Waals surface area contributed by atoms with Gasteiger partial charge in [-0.15, -0.1) is 0 Å². The highest BCUT2D eigenvalue weighted by Crippen LogP contribution is 2.32. The van der Waals surface area contributed by atoms with Gasteiger partial charge in [0.25, 0.3) is 0 Å². The molecule has 0 saturated heterocycles. The number of carbonyl (C=O) groups is 1. The predicted molar refractivity (Wildman–Crippen MR) is 102 cm³/mol. The van der Waals surface area contributed by atoms with Crippen LogP contribution >= 0.6 is 0 Å². The van der Waals surface area contributed by atoms with Gasteiger partial charge in [-0.3, -0.25) is 4.79 Å². The topological polar surface area (TPSA) is 63.4 Å². The summed E-state index contributed by atoms with van der Waals surface area (Å²) in [6, 6.07) is 13.8. The number of hydrogen-bond acceptors (Lipinski definition) is 3. The molecule has 2 N–H and O–H groups in total. The van der Waals surface area contributed by atoms with Crippen LogP contribution in [0.3, 0.4) is 0 Å². The fourth-order valence-electron chi connectivity index (χ4n) is 3.24. The first kappa shape index (κ1) is 16.5. The second-order valence-electron chi connectivity index (χ2n) is 6.47. The first-order chi connectivity index (χ1) is 12.8. The number of ether oxygens (including phenoxy) is 2. The molecule has 5 heteroatoms. The van der Waals surface area contributed by atoms with E-state index in [-0.39, 0.29) is 5.91 Å². The Labute approximate surface area is 152 Å². The molecule has 0 saturated carbocycles. The van der Waals surface area contributed by atoms with Crippen LogP contribution in [-0.2, 0) is 11.2 Å². The van der Waals surface area contributed by atoms with E-state index >= 15 is 0 Å². The summed E-state index contributed by atoms with van der Waals surface area (Å²) in [6.07, 6.45) is 5.06. The number of rotatable bonds is 5. The van der Waals surface area contributed by atoms with Crippen molar-refractivity contribution in [3.63, 3.8) is 0 Å². The van der Waals surface area contributed by atoms with Gasteiger partial charge in [-0.2, -0.15) is 0 Å². The van der Waals surface area contributed by atoms with Crippen LogP contribution in [0, 0.1) is 0 Å². The molecule has 26 heavy (non-hydrogen) atoms. The van der Waals surface area contributed by atoms with Gasteiger partial charge in [-0.25, -0.2) is 0 Å². The molecule has 1 amide bonds. The standard InChI is InChI=1S/C21H22N2O3/c24-21(8-3-5-15-14-22-18-7-2-1-6-17(15)18)23-16-9-10-19-20(13-16)26-12-4-11-25-19/h1-2,6-7,9-10,13-14,22H,3-5,8,11-12H2,(H,23,24). The lowest BCUT2D eigenvalue weighted by Crippen LogP contribution is -2.11. The number of aromatic nitrogens is 1. The monoisotopic (exact) mass is 350 g/mol. The number of carbonyl (C=O) groups excluding carboxylic acids is 1. The van der Waals surface area contributed by atoms with Crippen molar-refractivity contribution in [3.8, 4) is 11.5 Å². The number of hydrogen-bond donors (Lipinski definition) is 2. The lowest BCUT2D eigenvalue weighted by Gasteiger charge is -2.10. The molecule has 2 aromatic carbocycles. The molecule has 1 aliphatic rings. The van der Waals surface area contributed by atoms with Gasteiger partial charge in [0, 0.05) is 41.7 Å². The first-order valence-electron chi connectivity index (χ1n) is 9.04. The van der Waals surface area contributed by atoms with Crippen molar-refractivity contribution in [1.82, 2.24) is 4.98 Å². The third kappa shape index (κ3) is 3.67. The molecule has 2 heterocycles. The number of anilines is 1. The van der Waals surface area contributed by atoms with Crippen LogP contribution in [-0.4, -0.2) is 24.1 Å². The average molecular weight is 350 g/mol. The molecule has 0 atom stereocenters. The minimum atomic E-state index is 0.0133. The molecule has 1 aliphatic heterocycles. The van der Waals surface area contributed by atoms with E-state index in [1.807, 2.05) is 36.5 Å². The number of H-pyrrole nitrogens is 1. The van der Waals surface area contributed by atoms with Crippen LogP contribution in [0.2, 0.25) is 0 Å². The van der Waals surface area contributed by atoms with Crippen LogP contribution in [0.15, 0.2) is 48.7 Å². The number of benzene rings is 2. The van der Waals surface area contributed by atoms with Crippen LogP contribution in [0.25, 0.3) is 10.9 Å². The molecule has 134 valence electrons. The predicted octanol–water partition coefficient (Wildman–Crippen LogP) is 4.29. The van der Waals surface area contributed by atoms with Gasteiger partial charge in [-0.1, -0.05) is 18.2 Å². The molecule has 0 fully saturated rings. The van der Waals surface area contributed by atoms with E-state index in [0.717, 1.165) is 36.2 Å². The summed E-state index contributed by atoms with van der Waals surface area (Å²) < 4.78 is 11.3. The Kier molecular flexibility index (Phi) is 4.78. The number of amides is 1. The van der Waals surface area contributed by atoms with Gasteiger partial charge in [0.2, 0.25) is 5.91 Å². The molecule has 0 radical (unpaired) electrons. The van der Waals surface area contributed by atoms with Crippen molar-refractivity contribution >= 4 is 22.5 Å². The van der Waals surface area contributed by atoms with E-state index in [2.05, 4.69) is 22.4 Å². The van der Waals surface area contributed by atoms with Crippen molar-refractivity contribution in [2.24, 2.45) is 0 Å². The maximum absolute atomic E-state index is 12.2. The molecular formula is C21H22N2O3. The van der Waals surface area contributed by atoms with E-state index < -0.39 is 0 Å². The van der Waals surface area contributed by atoms with Gasteiger partial charge in [-0.05, 0) is 36.6 Å². The molecule has 0 bridgehead atoms. The van der Waals surface area contributed by atoms with Gasteiger partial charge in [0.1, 0.15) is 0 Å². The molecule has 0 aliphatic carbocycles. The third-order valence-corrected chi connectivity index (χ3v) is 4.56. The SMILES string of the molecule is O=C(CCCc1c[nH]c2ccccc12)Nc1ccc2c(c1)OCCCO2. The number of para-hydroxylation sites is 1. The normalized spacial score (nSPS) is 13.4. The molecule has 1 aromatic heterocycles. The third-order valence-electron chi connectivity index (χ3n) is 4.56. The fourth-order valence-corrected chi connectivity index (χ4v) is 3.24. The minimum absolute atomic E-state index is 0.0133. The smallest absolute Gasteiger partial charge is 0.224 e. The first-order valence-corrected chi connectivity index (χ1v) is 9.04. The van der Waals surface area contributed by atoms with Gasteiger partial charge < -0.3 is 19.8 Å². The second kappa shape index (κ2) is 7.52. The highest BCUT2D eigenvalue weighted by atomic mass is 16.5. The van der Waals surface area contributed by atoms with Gasteiger partial charge in [0.05, 0.1) is 13.2 Å². The largest absolute Gasteiger partial charge is 0.490 e. The van der Waals surface area contributed by atoms with Crippen LogP contribution < -0.4 is 14.8 Å². The van der Waals surface area contributed by atoms with Crippen molar-refractivity contribution in [2.75, 3.05) is 18.5 Å². The number of nitrogens with one attached hydrogen (secondary N) is 2. The highest BCUT2D eigenvalue weighted by molar-refractivity contribution is 5.91. The summed E-state index contributed by atoms with van der Waals surface area (Å²) in [5.74, 6) is 1.44. The zero-order valence-corrected chi connectivity index (χ0v) is 14.6. The summed E-state index contributed by atoms with van der Waals surface area (Å²) >= 11 is 0. The summed E-state index contributed by atoms with van der Waals surface area (Å²) in [5.41, 5.74) is 3.13. The van der Waals surface area contributed by atoms with Crippen molar-refractivity contribution in [2.45, 2.75) is 25.7 Å². The maximum atomic E-state index is 12.2. The van der Waals surface area contributed by atoms with Crippen LogP contribution in [0.5, 0.6) is 11.5 Å². The second-order valence-corrected chi connectivity index (χ2v) is 6.47. The Morgan fingerprint density at radius 3 is 2.85 bits per heavy atom. The number of aromatic amines is 1. The highest BCUT2D eigenvalue weighted by Gasteiger charge is 2.12. The number of aryl methyl sites for hydroxylation is 1. The summed E-state index contributed by atoms with van der Waals surface area (Å²) in [6.45, 7) is 1.29. The summed E-state index contributed by atoms with van der Waals surface area (Å²) in [4.78, 5) is 15.5. The van der Waals surface area contributed by atoms with Crippen LogP contribution in [0.1, 0.15) is 24.8 Å². The summed E-state index contributed by atoms with van der Waals surface area (Å²) in [5, 5.41) is 4.18. The lowest BCUT2D eigenvalue weighted by atomic mass is 10.1. The van der Waals surface area contributed by atoms with E-state index in [4.69, 9.17) is 9.47 Å². The molecular weight excluding hydrogens is 328 g/mol. The average Bonchev–Trinajstić information content (AvgIpc) is 2.91. The quantitative estimate of drug-likeness (QED) is 0.721. The van der Waals surface area contributed by atoms with E-state index in [1.54, 1.807) is 0 Å². The fraction of sp³-hybridized carbons (Fsp3) is 0.286. The van der Waals surface area contributed by atoms with Gasteiger partial charge in [0.15, 0.2) is 11.5 Å². The lowest BCUT2D eigenvalue weighted by molar-refractivity contribution is -0.116. The van der Waals surface area contributed by atoms with Crippen molar-refractivity contribution < 1.29 is 14.3 Å². The molecule has 5 nitrogen and oxygen atoms in total. The van der Waals surface area contributed by atoms with Gasteiger partial charge >= 0.3 is 0 Å². The Morgan fingerprint density at radius 2 is 1.92 bits per heavy atom. The molecule has 0 unspecified atom stereocenters. The Hall–Kier alpha value is -2.95.